The van der Waals surface area contributed by atoms with Crippen LogP contribution >= 0.6 is 0 Å². The highest BCUT2D eigenvalue weighted by atomic mass is 28.4. The first-order chi connectivity index (χ1) is 7.81. The molecule has 17 heavy (non-hydrogen) atoms. The first-order valence-corrected chi connectivity index (χ1v) is 7.95. The van der Waals surface area contributed by atoms with Crippen LogP contribution in [-0.4, -0.2) is 27.1 Å². The fourth-order valence-corrected chi connectivity index (χ4v) is 4.12. The molecule has 100 valence electrons. The van der Waals surface area contributed by atoms with E-state index < -0.39 is 8.80 Å². The average Bonchev–Trinajstić information content (AvgIpc) is 2.11. The third kappa shape index (κ3) is 7.49. The quantitative estimate of drug-likeness (QED) is 0.493. The zero-order valence-corrected chi connectivity index (χ0v) is 12.9. The molecule has 0 bridgehead atoms. The molecule has 3 nitrogen and oxygen atoms in total. The van der Waals surface area contributed by atoms with Crippen LogP contribution in [0.4, 0.5) is 0 Å². The molecule has 0 N–H and O–H groups in total. The molecule has 0 spiro atoms. The number of hydrogen-bond acceptors (Lipinski definition) is 3. The monoisotopic (exact) mass is 258 g/mol. The zero-order chi connectivity index (χ0) is 13.5. The summed E-state index contributed by atoms with van der Waals surface area (Å²) in [4.78, 5) is 0. The Hall–Kier alpha value is -0.423. The van der Waals surface area contributed by atoms with Gasteiger partial charge in [0.05, 0.1) is 0 Å². The molecule has 0 unspecified atom stereocenters. The van der Waals surface area contributed by atoms with Crippen molar-refractivity contribution >= 4 is 8.80 Å². The van der Waals surface area contributed by atoms with E-state index in [9.17, 15) is 0 Å². The van der Waals surface area contributed by atoms with Gasteiger partial charge in [-0.15, -0.1) is 0 Å². The Morgan fingerprint density at radius 1 is 0.824 bits per heavy atom. The van der Waals surface area contributed by atoms with Crippen LogP contribution in [0.1, 0.15) is 41.5 Å². The third-order valence-corrected chi connectivity index (χ3v) is 4.64. The van der Waals surface area contributed by atoms with Crippen molar-refractivity contribution in [3.05, 3.63) is 24.4 Å². The molecule has 0 aromatic carbocycles. The smallest absolute Gasteiger partial charge is 0.368 e. The first kappa shape index (κ1) is 16.6. The normalized spacial score (nSPS) is 13.2. The molecule has 0 aromatic rings. The molecule has 0 aliphatic carbocycles. The second-order valence-electron chi connectivity index (χ2n) is 4.70. The summed E-state index contributed by atoms with van der Waals surface area (Å²) >= 11 is 0. The maximum absolute atomic E-state index is 5.92. The Labute approximate surface area is 107 Å². The van der Waals surface area contributed by atoms with E-state index in [0.717, 1.165) is 0 Å². The lowest BCUT2D eigenvalue weighted by molar-refractivity contribution is 0.0139. The summed E-state index contributed by atoms with van der Waals surface area (Å²) in [7, 11) is -2.76. The van der Waals surface area contributed by atoms with E-state index in [0.29, 0.717) is 0 Å². The van der Waals surface area contributed by atoms with Crippen LogP contribution in [0.5, 0.6) is 0 Å². The second kappa shape index (κ2) is 7.82. The van der Waals surface area contributed by atoms with E-state index in [1.807, 2.05) is 53.3 Å². The van der Waals surface area contributed by atoms with E-state index in [1.54, 1.807) is 6.08 Å². The molecule has 0 atom stereocenters. The number of rotatable bonds is 8. The minimum absolute atomic E-state index is 0.0635. The Bertz CT molecular complexity index is 221. The molecule has 4 heteroatoms. The van der Waals surface area contributed by atoms with E-state index in [-0.39, 0.29) is 18.3 Å². The van der Waals surface area contributed by atoms with Crippen LogP contribution in [0.15, 0.2) is 24.4 Å². The van der Waals surface area contributed by atoms with E-state index in [4.69, 9.17) is 13.3 Å². The number of hydrogen-bond donors (Lipinski definition) is 0. The van der Waals surface area contributed by atoms with Crippen molar-refractivity contribution in [1.29, 1.82) is 0 Å². The summed E-state index contributed by atoms with van der Waals surface area (Å²) in [5, 5.41) is 0. The molecular weight excluding hydrogens is 232 g/mol. The summed E-state index contributed by atoms with van der Waals surface area (Å²) in [6.45, 7) is 15.6. The van der Waals surface area contributed by atoms with Crippen LogP contribution < -0.4 is 0 Å². The lowest BCUT2D eigenvalue weighted by Gasteiger charge is -2.32. The van der Waals surface area contributed by atoms with Gasteiger partial charge in [0.2, 0.25) is 0 Å². The predicted octanol–water partition coefficient (Wildman–Crippen LogP) is 3.48. The van der Waals surface area contributed by atoms with E-state index in [2.05, 4.69) is 6.58 Å². The molecule has 0 fully saturated rings. The maximum atomic E-state index is 5.92. The highest BCUT2D eigenvalue weighted by Crippen LogP contribution is 2.19. The lowest BCUT2D eigenvalue weighted by atomic mass is 10.5. The fourth-order valence-electron chi connectivity index (χ4n) is 1.37. The fraction of sp³-hybridized carbons (Fsp3) is 0.692. The first-order valence-electron chi connectivity index (χ1n) is 6.15. The molecule has 0 heterocycles. The number of allylic oxidation sites excluding steroid dienone is 2. The van der Waals surface area contributed by atoms with Gasteiger partial charge in [-0.3, -0.25) is 0 Å². The maximum Gasteiger partial charge on any atom is 0.530 e. The van der Waals surface area contributed by atoms with Crippen LogP contribution in [-0.2, 0) is 13.3 Å². The van der Waals surface area contributed by atoms with Crippen molar-refractivity contribution in [2.24, 2.45) is 0 Å². The third-order valence-electron chi connectivity index (χ3n) is 1.64. The van der Waals surface area contributed by atoms with Gasteiger partial charge in [-0.05, 0) is 47.2 Å². The highest BCUT2D eigenvalue weighted by molar-refractivity contribution is 6.66. The Kier molecular flexibility index (Phi) is 7.62. The Morgan fingerprint density at radius 3 is 1.41 bits per heavy atom. The van der Waals surface area contributed by atoms with Crippen LogP contribution in [0.3, 0.4) is 0 Å². The molecule has 0 saturated heterocycles. The SMILES string of the molecule is C=C/C=C/[Si](OC(C)C)(OC(C)C)OC(C)C. The molecular formula is C13H26O3Si. The topological polar surface area (TPSA) is 27.7 Å². The summed E-state index contributed by atoms with van der Waals surface area (Å²) in [5.74, 6) is 0. The van der Waals surface area contributed by atoms with Gasteiger partial charge >= 0.3 is 8.80 Å². The van der Waals surface area contributed by atoms with Crippen molar-refractivity contribution in [2.45, 2.75) is 59.9 Å². The van der Waals surface area contributed by atoms with Gasteiger partial charge in [0, 0.05) is 18.3 Å². The van der Waals surface area contributed by atoms with Crippen LogP contribution in [0.2, 0.25) is 0 Å². The van der Waals surface area contributed by atoms with Gasteiger partial charge in [-0.2, -0.15) is 0 Å². The second-order valence-corrected chi connectivity index (χ2v) is 6.95. The summed E-state index contributed by atoms with van der Waals surface area (Å²) in [6.07, 6.45) is 3.73. The summed E-state index contributed by atoms with van der Waals surface area (Å²) in [6, 6.07) is 0. The van der Waals surface area contributed by atoms with E-state index in [1.165, 1.54) is 0 Å². The molecule has 0 aromatic heterocycles. The van der Waals surface area contributed by atoms with Crippen molar-refractivity contribution in [3.63, 3.8) is 0 Å². The van der Waals surface area contributed by atoms with Crippen molar-refractivity contribution in [3.8, 4) is 0 Å². The predicted molar refractivity (Wildman–Crippen MR) is 73.8 cm³/mol. The molecule has 0 amide bonds. The molecule has 0 aliphatic heterocycles. The Morgan fingerprint density at radius 2 is 1.18 bits per heavy atom. The van der Waals surface area contributed by atoms with E-state index >= 15 is 0 Å². The Balaban J connectivity index is 5.03. The van der Waals surface area contributed by atoms with Gasteiger partial charge in [0.25, 0.3) is 0 Å². The summed E-state index contributed by atoms with van der Waals surface area (Å²) < 4.78 is 17.8. The molecule has 0 saturated carbocycles. The van der Waals surface area contributed by atoms with Gasteiger partial charge in [0.15, 0.2) is 0 Å². The summed E-state index contributed by atoms with van der Waals surface area (Å²) in [5.41, 5.74) is 1.89. The molecule has 0 radical (unpaired) electrons. The highest BCUT2D eigenvalue weighted by Gasteiger charge is 2.41. The molecule has 0 aliphatic rings. The largest absolute Gasteiger partial charge is 0.530 e. The standard InChI is InChI=1S/C13H26O3Si/c1-8-9-10-17(14-11(2)3,15-12(4)5)16-13(6)7/h8-13H,1H2,2-7H3/b10-9+. The van der Waals surface area contributed by atoms with Gasteiger partial charge in [-0.1, -0.05) is 18.7 Å². The average molecular weight is 258 g/mol. The van der Waals surface area contributed by atoms with Crippen LogP contribution in [0.25, 0.3) is 0 Å². The van der Waals surface area contributed by atoms with Crippen molar-refractivity contribution in [2.75, 3.05) is 0 Å². The lowest BCUT2D eigenvalue weighted by Crippen LogP contribution is -2.49. The van der Waals surface area contributed by atoms with Gasteiger partial charge in [-0.25, -0.2) is 0 Å². The minimum Gasteiger partial charge on any atom is -0.368 e. The van der Waals surface area contributed by atoms with Crippen LogP contribution in [0, 0.1) is 0 Å². The van der Waals surface area contributed by atoms with Crippen molar-refractivity contribution < 1.29 is 13.3 Å². The van der Waals surface area contributed by atoms with Gasteiger partial charge in [0.1, 0.15) is 0 Å². The molecule has 0 rings (SSSR count). The van der Waals surface area contributed by atoms with Gasteiger partial charge < -0.3 is 13.3 Å². The zero-order valence-electron chi connectivity index (χ0n) is 11.9. The minimum atomic E-state index is -2.76. The van der Waals surface area contributed by atoms with Crippen molar-refractivity contribution in [1.82, 2.24) is 0 Å².